The van der Waals surface area contributed by atoms with Crippen LogP contribution in [-0.2, 0) is 0 Å². The molecule has 1 N–H and O–H groups in total. The molecule has 110 valence electrons. The van der Waals surface area contributed by atoms with Gasteiger partial charge in [-0.3, -0.25) is 0 Å². The highest BCUT2D eigenvalue weighted by molar-refractivity contribution is 5.55. The normalized spacial score (nSPS) is 19.0. The smallest absolute Gasteiger partial charge is 0.123 e. The fraction of sp³-hybridized carbons (Fsp3) is 0.438. The molecule has 0 atom stereocenters. The van der Waals surface area contributed by atoms with Gasteiger partial charge in [-0.15, -0.1) is 0 Å². The molecule has 21 heavy (non-hydrogen) atoms. The van der Waals surface area contributed by atoms with Crippen LogP contribution in [0, 0.1) is 5.82 Å². The quantitative estimate of drug-likeness (QED) is 0.940. The number of hydrogen-bond donors (Lipinski definition) is 1. The molecule has 2 fully saturated rings. The van der Waals surface area contributed by atoms with Gasteiger partial charge in [0.1, 0.15) is 5.82 Å². The molecule has 1 aliphatic heterocycles. The second-order valence-corrected chi connectivity index (χ2v) is 5.81. The molecule has 1 aliphatic carbocycles. The zero-order valence-electron chi connectivity index (χ0n) is 11.9. The Morgan fingerprint density at radius 3 is 2.48 bits per heavy atom. The summed E-state index contributed by atoms with van der Waals surface area (Å²) in [7, 11) is 0. The number of rotatable bonds is 3. The van der Waals surface area contributed by atoms with Gasteiger partial charge >= 0.3 is 0 Å². The Kier molecular flexibility index (Phi) is 3.15. The molecule has 4 nitrogen and oxygen atoms in total. The Morgan fingerprint density at radius 2 is 1.81 bits per heavy atom. The van der Waals surface area contributed by atoms with E-state index in [4.69, 9.17) is 0 Å². The van der Waals surface area contributed by atoms with Crippen molar-refractivity contribution >= 4 is 5.69 Å². The van der Waals surface area contributed by atoms with E-state index in [9.17, 15) is 4.39 Å². The highest BCUT2D eigenvalue weighted by atomic mass is 19.1. The van der Waals surface area contributed by atoms with Gasteiger partial charge in [0.05, 0.1) is 23.3 Å². The minimum Gasteiger partial charge on any atom is -0.366 e. The lowest BCUT2D eigenvalue weighted by Crippen LogP contribution is -2.43. The van der Waals surface area contributed by atoms with E-state index in [1.54, 1.807) is 12.1 Å². The average molecular weight is 286 g/mol. The number of hydrogen-bond acceptors (Lipinski definition) is 3. The predicted molar refractivity (Wildman–Crippen MR) is 80.6 cm³/mol. The highest BCUT2D eigenvalue weighted by Crippen LogP contribution is 2.45. The first-order valence-corrected chi connectivity index (χ1v) is 7.62. The van der Waals surface area contributed by atoms with Gasteiger partial charge in [0.15, 0.2) is 0 Å². The second-order valence-electron chi connectivity index (χ2n) is 5.81. The molecule has 1 saturated carbocycles. The number of halogens is 1. The Morgan fingerprint density at radius 1 is 1.10 bits per heavy atom. The van der Waals surface area contributed by atoms with Crippen molar-refractivity contribution < 1.29 is 4.39 Å². The number of anilines is 1. The molecule has 2 heterocycles. The summed E-state index contributed by atoms with van der Waals surface area (Å²) in [5.41, 5.74) is 3.49. The summed E-state index contributed by atoms with van der Waals surface area (Å²) in [6.07, 6.45) is 4.43. The van der Waals surface area contributed by atoms with E-state index < -0.39 is 0 Å². The first kappa shape index (κ1) is 12.8. The van der Waals surface area contributed by atoms with Crippen molar-refractivity contribution in [3.63, 3.8) is 0 Å². The third-order valence-electron chi connectivity index (χ3n) is 4.28. The summed E-state index contributed by atoms with van der Waals surface area (Å²) in [4.78, 5) is 2.41. The van der Waals surface area contributed by atoms with E-state index in [1.807, 2.05) is 10.9 Å². The average Bonchev–Trinajstić information content (AvgIpc) is 3.28. The molecule has 0 spiro atoms. The molecule has 0 unspecified atom stereocenters. The number of nitrogens with zero attached hydrogens (tertiary/aromatic N) is 3. The van der Waals surface area contributed by atoms with Crippen LogP contribution in [0.3, 0.4) is 0 Å². The Bertz CT molecular complexity index is 624. The molecular weight excluding hydrogens is 267 g/mol. The van der Waals surface area contributed by atoms with Crippen molar-refractivity contribution in [1.82, 2.24) is 15.1 Å². The van der Waals surface area contributed by atoms with Crippen LogP contribution in [0.4, 0.5) is 10.1 Å². The standard InChI is InChI=1S/C16H19FN4/c17-13-3-5-14(6-4-13)21-16(12-1-2-12)15(11-19-21)20-9-7-18-8-10-20/h3-6,11-12,18H,1-2,7-10H2. The number of nitrogens with one attached hydrogen (secondary N) is 1. The maximum atomic E-state index is 13.1. The van der Waals surface area contributed by atoms with Gasteiger partial charge in [-0.1, -0.05) is 0 Å². The summed E-state index contributed by atoms with van der Waals surface area (Å²) >= 11 is 0. The lowest BCUT2D eigenvalue weighted by molar-refractivity contribution is 0.587. The van der Waals surface area contributed by atoms with Gasteiger partial charge in [0.2, 0.25) is 0 Å². The number of piperazine rings is 1. The van der Waals surface area contributed by atoms with Gasteiger partial charge < -0.3 is 10.2 Å². The zero-order chi connectivity index (χ0) is 14.2. The molecule has 4 rings (SSSR count). The van der Waals surface area contributed by atoms with Gasteiger partial charge in [-0.25, -0.2) is 9.07 Å². The Hall–Kier alpha value is -1.88. The van der Waals surface area contributed by atoms with E-state index in [0.717, 1.165) is 31.9 Å². The maximum absolute atomic E-state index is 13.1. The van der Waals surface area contributed by atoms with Gasteiger partial charge in [-0.05, 0) is 37.1 Å². The highest BCUT2D eigenvalue weighted by Gasteiger charge is 2.32. The van der Waals surface area contributed by atoms with E-state index in [0.29, 0.717) is 5.92 Å². The van der Waals surface area contributed by atoms with Crippen molar-refractivity contribution in [2.75, 3.05) is 31.1 Å². The molecule has 5 heteroatoms. The van der Waals surface area contributed by atoms with Crippen molar-refractivity contribution in [2.45, 2.75) is 18.8 Å². The summed E-state index contributed by atoms with van der Waals surface area (Å²) in [6.45, 7) is 4.08. The lowest BCUT2D eigenvalue weighted by Gasteiger charge is -2.29. The first-order chi connectivity index (χ1) is 10.3. The number of benzene rings is 1. The fourth-order valence-corrected chi connectivity index (χ4v) is 3.03. The van der Waals surface area contributed by atoms with Crippen LogP contribution in [0.2, 0.25) is 0 Å². The first-order valence-electron chi connectivity index (χ1n) is 7.62. The van der Waals surface area contributed by atoms with Crippen molar-refractivity contribution in [3.8, 4) is 5.69 Å². The summed E-state index contributed by atoms with van der Waals surface area (Å²) in [5.74, 6) is 0.392. The van der Waals surface area contributed by atoms with E-state index in [2.05, 4.69) is 15.3 Å². The van der Waals surface area contributed by atoms with Crippen molar-refractivity contribution in [3.05, 3.63) is 42.0 Å². The topological polar surface area (TPSA) is 33.1 Å². The van der Waals surface area contributed by atoms with Crippen LogP contribution >= 0.6 is 0 Å². The fourth-order valence-electron chi connectivity index (χ4n) is 3.03. The van der Waals surface area contributed by atoms with Crippen molar-refractivity contribution in [1.29, 1.82) is 0 Å². The zero-order valence-corrected chi connectivity index (χ0v) is 11.9. The van der Waals surface area contributed by atoms with Gasteiger partial charge in [0.25, 0.3) is 0 Å². The molecule has 0 radical (unpaired) electrons. The van der Waals surface area contributed by atoms with E-state index >= 15 is 0 Å². The molecular formula is C16H19FN4. The minimum atomic E-state index is -0.207. The van der Waals surface area contributed by atoms with Crippen LogP contribution in [-0.4, -0.2) is 36.0 Å². The minimum absolute atomic E-state index is 0.207. The van der Waals surface area contributed by atoms with Gasteiger partial charge in [0, 0.05) is 32.1 Å². The third kappa shape index (κ3) is 2.42. The third-order valence-corrected chi connectivity index (χ3v) is 4.28. The van der Waals surface area contributed by atoms with E-state index in [-0.39, 0.29) is 5.82 Å². The molecule has 0 amide bonds. The molecule has 2 aliphatic rings. The monoisotopic (exact) mass is 286 g/mol. The molecule has 1 saturated heterocycles. The van der Waals surface area contributed by atoms with Crippen LogP contribution in [0.5, 0.6) is 0 Å². The summed E-state index contributed by atoms with van der Waals surface area (Å²) in [5, 5.41) is 7.97. The van der Waals surface area contributed by atoms with Crippen LogP contribution in [0.15, 0.2) is 30.5 Å². The molecule has 1 aromatic heterocycles. The Balaban J connectivity index is 1.74. The lowest BCUT2D eigenvalue weighted by atomic mass is 10.2. The largest absolute Gasteiger partial charge is 0.366 e. The van der Waals surface area contributed by atoms with Gasteiger partial charge in [-0.2, -0.15) is 5.10 Å². The van der Waals surface area contributed by atoms with Crippen LogP contribution in [0.25, 0.3) is 5.69 Å². The van der Waals surface area contributed by atoms with Crippen LogP contribution < -0.4 is 10.2 Å². The SMILES string of the molecule is Fc1ccc(-n2ncc(N3CCNCC3)c2C2CC2)cc1. The van der Waals surface area contributed by atoms with Crippen LogP contribution in [0.1, 0.15) is 24.5 Å². The summed E-state index contributed by atoms with van der Waals surface area (Å²) in [6, 6.07) is 6.60. The van der Waals surface area contributed by atoms with Crippen molar-refractivity contribution in [2.24, 2.45) is 0 Å². The predicted octanol–water partition coefficient (Wildman–Crippen LogP) is 2.30. The van der Waals surface area contributed by atoms with E-state index in [1.165, 1.54) is 36.4 Å². The number of aromatic nitrogens is 2. The molecule has 0 bridgehead atoms. The molecule has 2 aromatic rings. The second kappa shape index (κ2) is 5.15. The molecule has 1 aromatic carbocycles. The maximum Gasteiger partial charge on any atom is 0.123 e. The Labute approximate surface area is 123 Å². The summed E-state index contributed by atoms with van der Waals surface area (Å²) < 4.78 is 15.1.